The highest BCUT2D eigenvalue weighted by Crippen LogP contribution is 2.34. The van der Waals surface area contributed by atoms with Gasteiger partial charge < -0.3 is 14.8 Å². The maximum absolute atomic E-state index is 13.1. The van der Waals surface area contributed by atoms with E-state index in [1.807, 2.05) is 17.5 Å². The van der Waals surface area contributed by atoms with Crippen LogP contribution in [0.3, 0.4) is 0 Å². The van der Waals surface area contributed by atoms with E-state index in [2.05, 4.69) is 5.32 Å². The van der Waals surface area contributed by atoms with Crippen LogP contribution >= 0.6 is 11.3 Å². The first kappa shape index (κ1) is 19.2. The summed E-state index contributed by atoms with van der Waals surface area (Å²) >= 11 is 1.64. The second kappa shape index (κ2) is 8.10. The van der Waals surface area contributed by atoms with Crippen molar-refractivity contribution in [3.8, 4) is 11.5 Å². The number of hydrogen-bond acceptors (Lipinski definition) is 6. The topological polar surface area (TPSA) is 84.9 Å². The lowest BCUT2D eigenvalue weighted by Crippen LogP contribution is -2.46. The number of sulfonamides is 1. The lowest BCUT2D eigenvalue weighted by atomic mass is 10.2. The van der Waals surface area contributed by atoms with Gasteiger partial charge in [-0.25, -0.2) is 8.42 Å². The number of benzene rings is 1. The molecule has 2 aromatic rings. The van der Waals surface area contributed by atoms with E-state index in [1.165, 1.54) is 21.3 Å². The lowest BCUT2D eigenvalue weighted by molar-refractivity contribution is -0.124. The third kappa shape index (κ3) is 3.87. The van der Waals surface area contributed by atoms with Gasteiger partial charge >= 0.3 is 0 Å². The molecule has 28 heavy (non-hydrogen) atoms. The van der Waals surface area contributed by atoms with Crippen molar-refractivity contribution in [1.82, 2.24) is 9.62 Å². The molecular formula is C19H22N2O5S2. The van der Waals surface area contributed by atoms with Crippen molar-refractivity contribution in [2.45, 2.75) is 30.2 Å². The summed E-state index contributed by atoms with van der Waals surface area (Å²) in [7, 11) is -3.80. The molecule has 1 N–H and O–H groups in total. The van der Waals surface area contributed by atoms with Gasteiger partial charge in [0.25, 0.3) is 0 Å². The second-order valence-electron chi connectivity index (χ2n) is 6.70. The van der Waals surface area contributed by atoms with E-state index in [-0.39, 0.29) is 10.8 Å². The highest BCUT2D eigenvalue weighted by Gasteiger charge is 2.39. The second-order valence-corrected chi connectivity index (χ2v) is 9.62. The zero-order valence-corrected chi connectivity index (χ0v) is 16.9. The molecule has 150 valence electrons. The van der Waals surface area contributed by atoms with Gasteiger partial charge in [-0.3, -0.25) is 4.79 Å². The van der Waals surface area contributed by atoms with Crippen molar-refractivity contribution < 1.29 is 22.7 Å². The minimum atomic E-state index is -3.80. The van der Waals surface area contributed by atoms with Crippen LogP contribution in [0.2, 0.25) is 0 Å². The lowest BCUT2D eigenvalue weighted by Gasteiger charge is -2.24. The Morgan fingerprint density at radius 2 is 2.04 bits per heavy atom. The summed E-state index contributed by atoms with van der Waals surface area (Å²) in [5.41, 5.74) is 0. The predicted molar refractivity (Wildman–Crippen MR) is 105 cm³/mol. The summed E-state index contributed by atoms with van der Waals surface area (Å²) in [6, 6.07) is 7.90. The molecule has 1 amide bonds. The van der Waals surface area contributed by atoms with Crippen LogP contribution < -0.4 is 14.8 Å². The van der Waals surface area contributed by atoms with Crippen LogP contribution in [0.4, 0.5) is 0 Å². The van der Waals surface area contributed by atoms with Gasteiger partial charge in [0.05, 0.1) is 4.90 Å². The van der Waals surface area contributed by atoms with E-state index in [4.69, 9.17) is 9.47 Å². The Labute approximate surface area is 168 Å². The first-order valence-corrected chi connectivity index (χ1v) is 11.6. The Balaban J connectivity index is 1.46. The fraction of sp³-hybridized carbons (Fsp3) is 0.421. The molecule has 1 saturated heterocycles. The summed E-state index contributed by atoms with van der Waals surface area (Å²) in [4.78, 5) is 13.9. The first-order valence-electron chi connectivity index (χ1n) is 9.27. The van der Waals surface area contributed by atoms with Crippen LogP contribution in [-0.2, 0) is 21.2 Å². The zero-order chi connectivity index (χ0) is 19.6. The standard InChI is InChI=1S/C19H22N2O5S2/c22-19(20-8-7-14-3-2-12-27-14)16-4-1-9-21(16)28(23,24)15-5-6-17-18(13-15)26-11-10-25-17/h2-3,5-6,12-13,16H,1,4,7-11H2,(H,20,22). The number of hydrogen-bond donors (Lipinski definition) is 1. The average molecular weight is 423 g/mol. The maximum atomic E-state index is 13.1. The van der Waals surface area contributed by atoms with E-state index in [0.29, 0.717) is 50.6 Å². The van der Waals surface area contributed by atoms with Crippen molar-refractivity contribution in [2.24, 2.45) is 0 Å². The fourth-order valence-corrected chi connectivity index (χ4v) is 5.87. The van der Waals surface area contributed by atoms with E-state index in [1.54, 1.807) is 17.4 Å². The number of rotatable bonds is 6. The molecule has 1 fully saturated rings. The molecular weight excluding hydrogens is 400 g/mol. The summed E-state index contributed by atoms with van der Waals surface area (Å²) in [6.45, 7) is 1.65. The molecule has 9 heteroatoms. The van der Waals surface area contributed by atoms with Gasteiger partial charge in [-0.1, -0.05) is 6.07 Å². The van der Waals surface area contributed by atoms with Gasteiger partial charge in [0.15, 0.2) is 11.5 Å². The molecule has 1 atom stereocenters. The van der Waals surface area contributed by atoms with Crippen molar-refractivity contribution in [3.05, 3.63) is 40.6 Å². The van der Waals surface area contributed by atoms with Crippen molar-refractivity contribution in [1.29, 1.82) is 0 Å². The molecule has 1 aromatic heterocycles. The van der Waals surface area contributed by atoms with Gasteiger partial charge in [0, 0.05) is 24.0 Å². The number of ether oxygens (including phenoxy) is 2. The Bertz CT molecular complexity index is 943. The van der Waals surface area contributed by atoms with Gasteiger partial charge in [0.2, 0.25) is 15.9 Å². The van der Waals surface area contributed by atoms with Crippen molar-refractivity contribution >= 4 is 27.3 Å². The highest BCUT2D eigenvalue weighted by molar-refractivity contribution is 7.89. The van der Waals surface area contributed by atoms with Gasteiger partial charge in [-0.05, 0) is 42.8 Å². The molecule has 3 heterocycles. The third-order valence-corrected chi connectivity index (χ3v) is 7.72. The van der Waals surface area contributed by atoms with Gasteiger partial charge in [0.1, 0.15) is 19.3 Å². The molecule has 7 nitrogen and oxygen atoms in total. The van der Waals surface area contributed by atoms with Crippen LogP contribution in [0, 0.1) is 0 Å². The molecule has 0 saturated carbocycles. The van der Waals surface area contributed by atoms with E-state index < -0.39 is 16.1 Å². The molecule has 0 radical (unpaired) electrons. The number of fused-ring (bicyclic) bond motifs is 1. The van der Waals surface area contributed by atoms with Crippen LogP contribution in [0.5, 0.6) is 11.5 Å². The molecule has 2 aliphatic rings. The smallest absolute Gasteiger partial charge is 0.243 e. The highest BCUT2D eigenvalue weighted by atomic mass is 32.2. The predicted octanol–water partition coefficient (Wildman–Crippen LogP) is 2.03. The van der Waals surface area contributed by atoms with Crippen molar-refractivity contribution in [3.63, 3.8) is 0 Å². The molecule has 0 aliphatic carbocycles. The number of thiophene rings is 1. The molecule has 0 spiro atoms. The molecule has 4 rings (SSSR count). The Kier molecular flexibility index (Phi) is 5.56. The average Bonchev–Trinajstić information content (AvgIpc) is 3.39. The van der Waals surface area contributed by atoms with Crippen LogP contribution in [0.1, 0.15) is 17.7 Å². The fourth-order valence-electron chi connectivity index (χ4n) is 3.49. The summed E-state index contributed by atoms with van der Waals surface area (Å²) in [6.07, 6.45) is 1.92. The minimum absolute atomic E-state index is 0.120. The Morgan fingerprint density at radius 1 is 1.21 bits per heavy atom. The number of carbonyl (C=O) groups excluding carboxylic acids is 1. The monoisotopic (exact) mass is 422 g/mol. The number of carbonyl (C=O) groups is 1. The Hall–Kier alpha value is -2.10. The zero-order valence-electron chi connectivity index (χ0n) is 15.3. The van der Waals surface area contributed by atoms with Crippen LogP contribution in [0.15, 0.2) is 40.6 Å². The van der Waals surface area contributed by atoms with Crippen LogP contribution in [0.25, 0.3) is 0 Å². The maximum Gasteiger partial charge on any atom is 0.243 e. The summed E-state index contributed by atoms with van der Waals surface area (Å²) < 4.78 is 38.6. The van der Waals surface area contributed by atoms with Gasteiger partial charge in [-0.2, -0.15) is 4.31 Å². The van der Waals surface area contributed by atoms with E-state index in [0.717, 1.165) is 6.42 Å². The number of amides is 1. The molecule has 1 aromatic carbocycles. The van der Waals surface area contributed by atoms with Crippen LogP contribution in [-0.4, -0.2) is 51.0 Å². The van der Waals surface area contributed by atoms with Gasteiger partial charge in [-0.15, -0.1) is 11.3 Å². The SMILES string of the molecule is O=C(NCCc1cccs1)C1CCCN1S(=O)(=O)c1ccc2c(c1)OCCO2. The largest absolute Gasteiger partial charge is 0.486 e. The van der Waals surface area contributed by atoms with Crippen molar-refractivity contribution in [2.75, 3.05) is 26.3 Å². The number of nitrogens with one attached hydrogen (secondary N) is 1. The molecule has 2 aliphatic heterocycles. The quantitative estimate of drug-likeness (QED) is 0.770. The third-order valence-electron chi connectivity index (χ3n) is 4.88. The number of nitrogens with zero attached hydrogens (tertiary/aromatic N) is 1. The van der Waals surface area contributed by atoms with E-state index in [9.17, 15) is 13.2 Å². The minimum Gasteiger partial charge on any atom is -0.486 e. The normalized spacial score (nSPS) is 19.5. The van der Waals surface area contributed by atoms with E-state index >= 15 is 0 Å². The first-order chi connectivity index (χ1) is 13.6. The Morgan fingerprint density at radius 3 is 2.82 bits per heavy atom. The molecule has 0 bridgehead atoms. The summed E-state index contributed by atoms with van der Waals surface area (Å²) in [5.74, 6) is 0.716. The molecule has 1 unspecified atom stereocenters. The summed E-state index contributed by atoms with van der Waals surface area (Å²) in [5, 5.41) is 4.88.